The van der Waals surface area contributed by atoms with E-state index >= 15 is 0 Å². The zero-order chi connectivity index (χ0) is 17.1. The minimum absolute atomic E-state index is 0.314. The Kier molecular flexibility index (Phi) is 5.78. The van der Waals surface area contributed by atoms with Gasteiger partial charge in [-0.05, 0) is 5.75 Å². The number of aliphatic hydroxyl groups is 1. The Morgan fingerprint density at radius 3 is 2.75 bits per heavy atom. The fourth-order valence-electron chi connectivity index (χ4n) is 2.96. The number of fused-ring (bicyclic) bond motifs is 1. The van der Waals surface area contributed by atoms with Crippen molar-refractivity contribution < 1.29 is 28.8 Å². The van der Waals surface area contributed by atoms with Crippen LogP contribution in [0.5, 0.6) is 0 Å². The van der Waals surface area contributed by atoms with Crippen LogP contribution in [0.1, 0.15) is 25.7 Å². The van der Waals surface area contributed by atoms with Crippen molar-refractivity contribution in [2.45, 2.75) is 50.0 Å². The minimum atomic E-state index is -0.966. The molecule has 2 aliphatic heterocycles. The van der Waals surface area contributed by atoms with Gasteiger partial charge >= 0.3 is 5.97 Å². The summed E-state index contributed by atoms with van der Waals surface area (Å²) in [5, 5.41) is 10.7. The number of thioether (sulfide) groups is 1. The third kappa shape index (κ3) is 3.75. The zero-order valence-electron chi connectivity index (χ0n) is 13.7. The minimum Gasteiger partial charge on any atom is -0.456 e. The summed E-state index contributed by atoms with van der Waals surface area (Å²) < 4.78 is 23.0. The van der Waals surface area contributed by atoms with Crippen LogP contribution in [0.15, 0.2) is 30.3 Å². The monoisotopic (exact) mass is 354 g/mol. The lowest BCUT2D eigenvalue weighted by Gasteiger charge is -2.47. The molecule has 24 heavy (non-hydrogen) atoms. The van der Waals surface area contributed by atoms with Gasteiger partial charge in [-0.3, -0.25) is 4.79 Å². The predicted octanol–water partition coefficient (Wildman–Crippen LogP) is 1.87. The quantitative estimate of drug-likeness (QED) is 0.828. The van der Waals surface area contributed by atoms with Crippen molar-refractivity contribution in [2.24, 2.45) is 0 Å². The van der Waals surface area contributed by atoms with Gasteiger partial charge in [-0.2, -0.15) is 0 Å². The van der Waals surface area contributed by atoms with Crippen LogP contribution in [0.2, 0.25) is 0 Å². The first kappa shape index (κ1) is 17.7. The van der Waals surface area contributed by atoms with E-state index in [1.54, 1.807) is 0 Å². The molecule has 1 N–H and O–H groups in total. The van der Waals surface area contributed by atoms with E-state index < -0.39 is 42.1 Å². The molecule has 6 nitrogen and oxygen atoms in total. The Bertz CT molecular complexity index is 553. The number of aliphatic hydroxyl groups excluding tert-OH is 1. The lowest BCUT2D eigenvalue weighted by atomic mass is 9.98. The standard InChI is InChI=1S/C17H22O6S/c1-3-24-17-15(21-10(2)18)13(19)14-12(22-17)9-20-16(23-14)11-7-5-4-6-8-11/h4-8,12-17,19H,3,9H2,1-2H3/t12-,13+,14+,15-,16+,17+/m1/s1. The molecule has 1 aromatic carbocycles. The highest BCUT2D eigenvalue weighted by Crippen LogP contribution is 2.37. The Morgan fingerprint density at radius 2 is 2.08 bits per heavy atom. The van der Waals surface area contributed by atoms with Crippen molar-refractivity contribution in [1.29, 1.82) is 0 Å². The van der Waals surface area contributed by atoms with Crippen molar-refractivity contribution >= 4 is 17.7 Å². The molecular weight excluding hydrogens is 332 g/mol. The van der Waals surface area contributed by atoms with Gasteiger partial charge in [0.1, 0.15) is 23.7 Å². The molecule has 0 amide bonds. The van der Waals surface area contributed by atoms with Gasteiger partial charge in [0, 0.05) is 12.5 Å². The number of carbonyl (C=O) groups excluding carboxylic acids is 1. The summed E-state index contributed by atoms with van der Waals surface area (Å²) in [6.45, 7) is 3.62. The second kappa shape index (κ2) is 7.84. The number of benzene rings is 1. The molecule has 0 aromatic heterocycles. The maximum atomic E-state index is 11.4. The van der Waals surface area contributed by atoms with Gasteiger partial charge in [-0.15, -0.1) is 11.8 Å². The van der Waals surface area contributed by atoms with E-state index in [1.165, 1.54) is 18.7 Å². The molecule has 0 aliphatic carbocycles. The van der Waals surface area contributed by atoms with E-state index in [-0.39, 0.29) is 0 Å². The van der Waals surface area contributed by atoms with Crippen LogP contribution in [-0.4, -0.2) is 53.3 Å². The zero-order valence-corrected chi connectivity index (χ0v) is 14.5. The van der Waals surface area contributed by atoms with Crippen molar-refractivity contribution in [1.82, 2.24) is 0 Å². The van der Waals surface area contributed by atoms with Gasteiger partial charge in [0.15, 0.2) is 12.4 Å². The van der Waals surface area contributed by atoms with E-state index in [0.717, 1.165) is 11.3 Å². The van der Waals surface area contributed by atoms with Crippen LogP contribution in [0.3, 0.4) is 0 Å². The summed E-state index contributed by atoms with van der Waals surface area (Å²) in [6, 6.07) is 9.52. The average Bonchev–Trinajstić information content (AvgIpc) is 2.59. The first-order valence-electron chi connectivity index (χ1n) is 8.04. The summed E-state index contributed by atoms with van der Waals surface area (Å²) in [7, 11) is 0. The van der Waals surface area contributed by atoms with Crippen molar-refractivity contribution in [3.8, 4) is 0 Å². The van der Waals surface area contributed by atoms with Gasteiger partial charge < -0.3 is 24.1 Å². The second-order valence-electron chi connectivity index (χ2n) is 5.74. The summed E-state index contributed by atoms with van der Waals surface area (Å²) in [5.74, 6) is 0.329. The molecule has 1 aromatic rings. The van der Waals surface area contributed by atoms with Crippen molar-refractivity contribution in [3.05, 3.63) is 35.9 Å². The number of ether oxygens (including phenoxy) is 4. The SMILES string of the molecule is CCS[C@@H]1O[C@@H]2CO[C@H](c3ccccc3)O[C@@H]2[C@H](O)[C@H]1OC(C)=O. The fourth-order valence-corrected chi connectivity index (χ4v) is 3.92. The van der Waals surface area contributed by atoms with Crippen molar-refractivity contribution in [3.63, 3.8) is 0 Å². The lowest BCUT2D eigenvalue weighted by Crippen LogP contribution is -2.61. The van der Waals surface area contributed by atoms with E-state index in [4.69, 9.17) is 18.9 Å². The first-order chi connectivity index (χ1) is 11.6. The molecule has 7 heteroatoms. The molecule has 0 saturated carbocycles. The molecule has 0 bridgehead atoms. The second-order valence-corrected chi connectivity index (χ2v) is 7.11. The van der Waals surface area contributed by atoms with Crippen molar-refractivity contribution in [2.75, 3.05) is 12.4 Å². The molecule has 0 radical (unpaired) electrons. The lowest BCUT2D eigenvalue weighted by molar-refractivity contribution is -0.319. The molecule has 132 valence electrons. The highest BCUT2D eigenvalue weighted by molar-refractivity contribution is 7.99. The number of esters is 1. The number of hydrogen-bond acceptors (Lipinski definition) is 7. The molecule has 0 spiro atoms. The molecule has 3 rings (SSSR count). The fraction of sp³-hybridized carbons (Fsp3) is 0.588. The first-order valence-corrected chi connectivity index (χ1v) is 9.09. The number of rotatable bonds is 4. The van der Waals surface area contributed by atoms with Gasteiger partial charge in [0.05, 0.1) is 6.61 Å². The molecule has 6 atom stereocenters. The van der Waals surface area contributed by atoms with E-state index in [0.29, 0.717) is 6.61 Å². The largest absolute Gasteiger partial charge is 0.456 e. The van der Waals surface area contributed by atoms with E-state index in [9.17, 15) is 9.90 Å². The number of hydrogen-bond donors (Lipinski definition) is 1. The summed E-state index contributed by atoms with van der Waals surface area (Å²) in [5.41, 5.74) is 0.438. The molecule has 2 saturated heterocycles. The maximum absolute atomic E-state index is 11.4. The number of carbonyl (C=O) groups is 1. The topological polar surface area (TPSA) is 74.2 Å². The average molecular weight is 354 g/mol. The highest BCUT2D eigenvalue weighted by Gasteiger charge is 2.50. The van der Waals surface area contributed by atoms with Gasteiger partial charge in [0.2, 0.25) is 0 Å². The van der Waals surface area contributed by atoms with Crippen LogP contribution in [0.4, 0.5) is 0 Å². The van der Waals surface area contributed by atoms with Crippen LogP contribution in [0.25, 0.3) is 0 Å². The predicted molar refractivity (Wildman–Crippen MR) is 88.4 cm³/mol. The maximum Gasteiger partial charge on any atom is 0.303 e. The van der Waals surface area contributed by atoms with Gasteiger partial charge in [-0.1, -0.05) is 37.3 Å². The van der Waals surface area contributed by atoms with Crippen LogP contribution in [0, 0.1) is 0 Å². The van der Waals surface area contributed by atoms with Gasteiger partial charge in [-0.25, -0.2) is 0 Å². The molecular formula is C17H22O6S. The van der Waals surface area contributed by atoms with Crippen LogP contribution >= 0.6 is 11.8 Å². The summed E-state index contributed by atoms with van der Waals surface area (Å²) in [4.78, 5) is 11.4. The molecule has 0 unspecified atom stereocenters. The summed E-state index contributed by atoms with van der Waals surface area (Å²) in [6.07, 6.45) is -3.30. The molecule has 2 heterocycles. The van der Waals surface area contributed by atoms with E-state index in [2.05, 4.69) is 0 Å². The Labute approximate surface area is 145 Å². The molecule has 2 fully saturated rings. The summed E-state index contributed by atoms with van der Waals surface area (Å²) >= 11 is 1.49. The smallest absolute Gasteiger partial charge is 0.303 e. The Hall–Kier alpha value is -1.12. The Balaban J connectivity index is 1.76. The van der Waals surface area contributed by atoms with E-state index in [1.807, 2.05) is 37.3 Å². The Morgan fingerprint density at radius 1 is 1.33 bits per heavy atom. The van der Waals surface area contributed by atoms with Gasteiger partial charge in [0.25, 0.3) is 0 Å². The third-order valence-electron chi connectivity index (χ3n) is 4.01. The third-order valence-corrected chi connectivity index (χ3v) is 5.06. The van der Waals surface area contributed by atoms with Crippen LogP contribution < -0.4 is 0 Å². The molecule has 2 aliphatic rings. The highest BCUT2D eigenvalue weighted by atomic mass is 32.2. The van der Waals surface area contributed by atoms with Crippen LogP contribution in [-0.2, 0) is 23.7 Å². The normalized spacial score (nSPS) is 36.0.